The van der Waals surface area contributed by atoms with E-state index in [0.717, 1.165) is 16.1 Å². The highest BCUT2D eigenvalue weighted by molar-refractivity contribution is 7.92. The quantitative estimate of drug-likeness (QED) is 0.803. The minimum Gasteiger partial charge on any atom is -0.366 e. The van der Waals surface area contributed by atoms with E-state index in [-0.39, 0.29) is 11.3 Å². The molecule has 0 fully saturated rings. The summed E-state index contributed by atoms with van der Waals surface area (Å²) >= 11 is 0. The van der Waals surface area contributed by atoms with Gasteiger partial charge in [0.15, 0.2) is 0 Å². The van der Waals surface area contributed by atoms with E-state index in [2.05, 4.69) is 5.32 Å². The van der Waals surface area contributed by atoms with Gasteiger partial charge in [-0.15, -0.1) is 0 Å². The molecular weight excluding hydrogens is 354 g/mol. The van der Waals surface area contributed by atoms with Gasteiger partial charge in [0.1, 0.15) is 6.04 Å². The van der Waals surface area contributed by atoms with E-state index in [1.165, 1.54) is 19.1 Å². The van der Waals surface area contributed by atoms with Crippen molar-refractivity contribution in [3.05, 3.63) is 59.7 Å². The number of anilines is 2. The lowest BCUT2D eigenvalue weighted by Gasteiger charge is -2.28. The number of aryl methyl sites for hydroxylation is 1. The number of primary amides is 1. The number of amides is 2. The molecule has 0 radical (unpaired) electrons. The van der Waals surface area contributed by atoms with E-state index >= 15 is 0 Å². The molecule has 0 bridgehead atoms. The number of hydrogen-bond donors (Lipinski definition) is 2. The normalized spacial score (nSPS) is 12.3. The number of sulfonamides is 1. The molecule has 2 aromatic rings. The summed E-state index contributed by atoms with van der Waals surface area (Å²) in [5.41, 5.74) is 7.03. The topological polar surface area (TPSA) is 110 Å². The summed E-state index contributed by atoms with van der Waals surface area (Å²) in [5, 5.41) is 2.58. The molecule has 7 nitrogen and oxygen atoms in total. The Morgan fingerprint density at radius 3 is 2.19 bits per heavy atom. The second kappa shape index (κ2) is 7.57. The predicted molar refractivity (Wildman–Crippen MR) is 102 cm³/mol. The SMILES string of the molecule is Cc1ccc(N(C(C)C(=O)Nc2ccccc2C(N)=O)S(C)(=O)=O)cc1. The molecule has 0 saturated heterocycles. The first-order valence-corrected chi connectivity index (χ1v) is 9.72. The first-order valence-electron chi connectivity index (χ1n) is 7.87. The summed E-state index contributed by atoms with van der Waals surface area (Å²) < 4.78 is 25.6. The van der Waals surface area contributed by atoms with Crippen LogP contribution in [0.4, 0.5) is 11.4 Å². The van der Waals surface area contributed by atoms with Gasteiger partial charge in [0.2, 0.25) is 15.9 Å². The fourth-order valence-corrected chi connectivity index (χ4v) is 3.72. The van der Waals surface area contributed by atoms with Crippen molar-refractivity contribution >= 4 is 33.2 Å². The molecule has 1 atom stereocenters. The molecule has 0 saturated carbocycles. The van der Waals surface area contributed by atoms with Gasteiger partial charge in [-0.25, -0.2) is 8.42 Å². The summed E-state index contributed by atoms with van der Waals surface area (Å²) in [5.74, 6) is -1.27. The lowest BCUT2D eigenvalue weighted by molar-refractivity contribution is -0.116. The fraction of sp³-hybridized carbons (Fsp3) is 0.222. The van der Waals surface area contributed by atoms with E-state index in [1.54, 1.807) is 36.4 Å². The third-order valence-electron chi connectivity index (χ3n) is 3.83. The van der Waals surface area contributed by atoms with Crippen molar-refractivity contribution in [2.45, 2.75) is 19.9 Å². The van der Waals surface area contributed by atoms with Gasteiger partial charge in [-0.3, -0.25) is 13.9 Å². The Balaban J connectivity index is 2.34. The molecule has 8 heteroatoms. The van der Waals surface area contributed by atoms with Crippen molar-refractivity contribution in [1.82, 2.24) is 0 Å². The van der Waals surface area contributed by atoms with E-state index in [4.69, 9.17) is 5.73 Å². The Kier molecular flexibility index (Phi) is 5.66. The van der Waals surface area contributed by atoms with Crippen LogP contribution in [0, 0.1) is 6.92 Å². The second-order valence-corrected chi connectivity index (χ2v) is 7.83. The summed E-state index contributed by atoms with van der Waals surface area (Å²) in [6.07, 6.45) is 1.04. The van der Waals surface area contributed by atoms with Gasteiger partial charge in [-0.1, -0.05) is 29.8 Å². The number of benzene rings is 2. The standard InChI is InChI=1S/C18H21N3O4S/c1-12-8-10-14(11-9-12)21(26(3,24)25)13(2)18(23)20-16-7-5-4-6-15(16)17(19)22/h4-11,13H,1-3H3,(H2,19,22)(H,20,23). The highest BCUT2D eigenvalue weighted by Crippen LogP contribution is 2.23. The van der Waals surface area contributed by atoms with Crippen LogP contribution >= 0.6 is 0 Å². The molecule has 1 unspecified atom stereocenters. The van der Waals surface area contributed by atoms with Crippen LogP contribution in [0.3, 0.4) is 0 Å². The molecule has 2 aromatic carbocycles. The zero-order valence-electron chi connectivity index (χ0n) is 14.8. The molecule has 0 heterocycles. The average molecular weight is 375 g/mol. The van der Waals surface area contributed by atoms with Crippen LogP contribution < -0.4 is 15.4 Å². The number of nitrogens with zero attached hydrogens (tertiary/aromatic N) is 1. The average Bonchev–Trinajstić information content (AvgIpc) is 2.55. The Morgan fingerprint density at radius 2 is 1.65 bits per heavy atom. The summed E-state index contributed by atoms with van der Waals surface area (Å²) in [6.45, 7) is 3.36. The van der Waals surface area contributed by atoms with E-state index < -0.39 is 27.9 Å². The van der Waals surface area contributed by atoms with Gasteiger partial charge in [-0.2, -0.15) is 0 Å². The molecule has 0 spiro atoms. The van der Waals surface area contributed by atoms with E-state index in [9.17, 15) is 18.0 Å². The number of para-hydroxylation sites is 1. The monoisotopic (exact) mass is 375 g/mol. The Morgan fingerprint density at radius 1 is 1.08 bits per heavy atom. The Bertz CT molecular complexity index is 924. The molecule has 138 valence electrons. The van der Waals surface area contributed by atoms with Crippen LogP contribution in [0.2, 0.25) is 0 Å². The van der Waals surface area contributed by atoms with Crippen molar-refractivity contribution in [1.29, 1.82) is 0 Å². The van der Waals surface area contributed by atoms with Crippen LogP contribution in [0.15, 0.2) is 48.5 Å². The smallest absolute Gasteiger partial charge is 0.250 e. The van der Waals surface area contributed by atoms with Gasteiger partial charge >= 0.3 is 0 Å². The molecular formula is C18H21N3O4S. The molecule has 3 N–H and O–H groups in total. The second-order valence-electron chi connectivity index (χ2n) is 5.97. The number of nitrogens with two attached hydrogens (primary N) is 1. The maximum absolute atomic E-state index is 12.6. The lowest BCUT2D eigenvalue weighted by atomic mass is 10.1. The van der Waals surface area contributed by atoms with Gasteiger partial charge < -0.3 is 11.1 Å². The molecule has 0 aromatic heterocycles. The maximum atomic E-state index is 12.6. The third kappa shape index (κ3) is 4.40. The number of carbonyl (C=O) groups excluding carboxylic acids is 2. The van der Waals surface area contributed by atoms with Gasteiger partial charge in [0, 0.05) is 0 Å². The molecule has 0 aliphatic carbocycles. The number of rotatable bonds is 6. The van der Waals surface area contributed by atoms with Gasteiger partial charge in [0.25, 0.3) is 5.91 Å². The molecule has 26 heavy (non-hydrogen) atoms. The first-order chi connectivity index (χ1) is 12.1. The summed E-state index contributed by atoms with van der Waals surface area (Å²) in [6, 6.07) is 12.0. The predicted octanol–water partition coefficient (Wildman–Crippen LogP) is 1.89. The minimum absolute atomic E-state index is 0.147. The highest BCUT2D eigenvalue weighted by Gasteiger charge is 2.29. The molecule has 0 aliphatic rings. The third-order valence-corrected chi connectivity index (χ3v) is 5.07. The van der Waals surface area contributed by atoms with Crippen molar-refractivity contribution in [2.24, 2.45) is 5.73 Å². The fourth-order valence-electron chi connectivity index (χ4n) is 2.54. The highest BCUT2D eigenvalue weighted by atomic mass is 32.2. The minimum atomic E-state index is -3.71. The van der Waals surface area contributed by atoms with Crippen LogP contribution in [0.5, 0.6) is 0 Å². The van der Waals surface area contributed by atoms with Crippen molar-refractivity contribution in [3.63, 3.8) is 0 Å². The van der Waals surface area contributed by atoms with Crippen LogP contribution in [0.1, 0.15) is 22.8 Å². The van der Waals surface area contributed by atoms with E-state index in [0.29, 0.717) is 5.69 Å². The van der Waals surface area contributed by atoms with Gasteiger partial charge in [0.05, 0.1) is 23.2 Å². The first kappa shape index (κ1) is 19.5. The lowest BCUT2D eigenvalue weighted by Crippen LogP contribution is -2.45. The summed E-state index contributed by atoms with van der Waals surface area (Å²) in [7, 11) is -3.71. The van der Waals surface area contributed by atoms with E-state index in [1.807, 2.05) is 6.92 Å². The van der Waals surface area contributed by atoms with Crippen LogP contribution in [0.25, 0.3) is 0 Å². The van der Waals surface area contributed by atoms with Gasteiger partial charge in [-0.05, 0) is 38.1 Å². The maximum Gasteiger partial charge on any atom is 0.250 e. The number of hydrogen-bond acceptors (Lipinski definition) is 4. The molecule has 2 rings (SSSR count). The van der Waals surface area contributed by atoms with Crippen molar-refractivity contribution < 1.29 is 18.0 Å². The largest absolute Gasteiger partial charge is 0.366 e. The zero-order valence-corrected chi connectivity index (χ0v) is 15.6. The number of carbonyl (C=O) groups is 2. The molecule has 2 amide bonds. The Labute approximate surface area is 152 Å². The van der Waals surface area contributed by atoms with Crippen molar-refractivity contribution in [3.8, 4) is 0 Å². The summed E-state index contributed by atoms with van der Waals surface area (Å²) in [4.78, 5) is 24.1. The van der Waals surface area contributed by atoms with Crippen LogP contribution in [-0.4, -0.2) is 32.5 Å². The Hall–Kier alpha value is -2.87. The van der Waals surface area contributed by atoms with Crippen molar-refractivity contribution in [2.75, 3.05) is 15.9 Å². The van der Waals surface area contributed by atoms with Crippen LogP contribution in [-0.2, 0) is 14.8 Å². The zero-order chi connectivity index (χ0) is 19.5. The number of nitrogens with one attached hydrogen (secondary N) is 1. The molecule has 0 aliphatic heterocycles.